The Bertz CT molecular complexity index is 580. The molecule has 0 aliphatic carbocycles. The molecule has 0 aromatic heterocycles. The molecule has 0 aliphatic heterocycles. The molecule has 1 rings (SSSR count). The molecule has 110 valence electrons. The normalized spacial score (nSPS) is 12.2. The molecule has 0 radical (unpaired) electrons. The van der Waals surface area contributed by atoms with Crippen molar-refractivity contribution in [2.24, 2.45) is 0 Å². The minimum atomic E-state index is 0.870. The van der Waals surface area contributed by atoms with Gasteiger partial charge < -0.3 is 0 Å². The summed E-state index contributed by atoms with van der Waals surface area (Å²) < 4.78 is 0. The molecule has 0 spiro atoms. The zero-order valence-corrected chi connectivity index (χ0v) is 13.5. The van der Waals surface area contributed by atoms with Crippen molar-refractivity contribution < 1.29 is 0 Å². The fourth-order valence-corrected chi connectivity index (χ4v) is 2.23. The highest BCUT2D eigenvalue weighted by Crippen LogP contribution is 2.22. The van der Waals surface area contributed by atoms with E-state index in [2.05, 4.69) is 62.6 Å². The van der Waals surface area contributed by atoms with Crippen molar-refractivity contribution in [2.45, 2.75) is 33.6 Å². The lowest BCUT2D eigenvalue weighted by Crippen LogP contribution is -1.91. The predicted octanol–water partition coefficient (Wildman–Crippen LogP) is 6.21. The van der Waals surface area contributed by atoms with Gasteiger partial charge in [-0.3, -0.25) is 0 Å². The van der Waals surface area contributed by atoms with Crippen molar-refractivity contribution >= 4 is 5.57 Å². The number of aryl methyl sites for hydroxylation is 1. The zero-order valence-electron chi connectivity index (χ0n) is 13.5. The van der Waals surface area contributed by atoms with E-state index < -0.39 is 0 Å². The number of hydrogen-bond acceptors (Lipinski definition) is 0. The molecule has 0 fully saturated rings. The van der Waals surface area contributed by atoms with Crippen LogP contribution >= 0.6 is 0 Å². The molecule has 0 N–H and O–H groups in total. The van der Waals surface area contributed by atoms with Gasteiger partial charge in [0.1, 0.15) is 0 Å². The average molecular weight is 278 g/mol. The number of rotatable bonds is 7. The van der Waals surface area contributed by atoms with E-state index in [-0.39, 0.29) is 0 Å². The van der Waals surface area contributed by atoms with Gasteiger partial charge in [0.15, 0.2) is 0 Å². The zero-order chi connectivity index (χ0) is 15.7. The summed E-state index contributed by atoms with van der Waals surface area (Å²) in [5.41, 5.74) is 6.28. The van der Waals surface area contributed by atoms with Crippen molar-refractivity contribution in [3.05, 3.63) is 90.1 Å². The van der Waals surface area contributed by atoms with Crippen LogP contribution in [-0.4, -0.2) is 0 Å². The second kappa shape index (κ2) is 8.97. The lowest BCUT2D eigenvalue weighted by atomic mass is 9.96. The summed E-state index contributed by atoms with van der Waals surface area (Å²) in [7, 11) is 0. The first-order valence-electron chi connectivity index (χ1n) is 7.46. The first-order valence-corrected chi connectivity index (χ1v) is 7.46. The second-order valence-electron chi connectivity index (χ2n) is 5.16. The minimum absolute atomic E-state index is 0.870. The van der Waals surface area contributed by atoms with E-state index >= 15 is 0 Å². The Labute approximate surface area is 129 Å². The van der Waals surface area contributed by atoms with E-state index in [1.165, 1.54) is 22.3 Å². The van der Waals surface area contributed by atoms with Crippen molar-refractivity contribution in [2.75, 3.05) is 0 Å². The van der Waals surface area contributed by atoms with Crippen molar-refractivity contribution in [3.63, 3.8) is 0 Å². The maximum atomic E-state index is 4.06. The van der Waals surface area contributed by atoms with Crippen LogP contribution < -0.4 is 0 Å². The SMILES string of the molecule is C=CCc1cc(C(C=CC)=CCC(=C)C=CC)ccc1C. The fraction of sp³-hybridized carbons (Fsp3) is 0.238. The summed E-state index contributed by atoms with van der Waals surface area (Å²) in [5, 5.41) is 0. The molecule has 21 heavy (non-hydrogen) atoms. The summed E-state index contributed by atoms with van der Waals surface area (Å²) in [6.07, 6.45) is 14.3. The highest BCUT2D eigenvalue weighted by Gasteiger charge is 2.02. The van der Waals surface area contributed by atoms with Crippen LogP contribution in [0.2, 0.25) is 0 Å². The van der Waals surface area contributed by atoms with Crippen LogP contribution in [0, 0.1) is 6.92 Å². The quantitative estimate of drug-likeness (QED) is 0.411. The first kappa shape index (κ1) is 17.0. The Morgan fingerprint density at radius 1 is 1.14 bits per heavy atom. The molecular formula is C21H26. The van der Waals surface area contributed by atoms with Crippen LogP contribution in [0.25, 0.3) is 5.57 Å². The van der Waals surface area contributed by atoms with E-state index in [9.17, 15) is 0 Å². The van der Waals surface area contributed by atoms with Crippen LogP contribution in [0.3, 0.4) is 0 Å². The van der Waals surface area contributed by atoms with Crippen LogP contribution in [0.5, 0.6) is 0 Å². The summed E-state index contributed by atoms with van der Waals surface area (Å²) in [6, 6.07) is 6.64. The van der Waals surface area contributed by atoms with E-state index in [0.717, 1.165) is 18.4 Å². The molecule has 0 amide bonds. The third-order valence-corrected chi connectivity index (χ3v) is 3.38. The largest absolute Gasteiger partial charge is 0.103 e. The van der Waals surface area contributed by atoms with Gasteiger partial charge in [0.05, 0.1) is 0 Å². The van der Waals surface area contributed by atoms with Gasteiger partial charge in [-0.2, -0.15) is 0 Å². The lowest BCUT2D eigenvalue weighted by molar-refractivity contribution is 1.21. The number of benzene rings is 1. The molecule has 0 bridgehead atoms. The monoisotopic (exact) mass is 278 g/mol. The van der Waals surface area contributed by atoms with Crippen molar-refractivity contribution in [1.82, 2.24) is 0 Å². The Hall–Kier alpha value is -2.08. The number of allylic oxidation sites excluding steroid dienone is 8. The van der Waals surface area contributed by atoms with Gasteiger partial charge in [0, 0.05) is 0 Å². The van der Waals surface area contributed by atoms with Gasteiger partial charge in [-0.25, -0.2) is 0 Å². The molecule has 1 aromatic rings. The summed E-state index contributed by atoms with van der Waals surface area (Å²) in [4.78, 5) is 0. The van der Waals surface area contributed by atoms with Gasteiger partial charge in [-0.15, -0.1) is 6.58 Å². The summed E-state index contributed by atoms with van der Waals surface area (Å²) >= 11 is 0. The number of hydrogen-bond donors (Lipinski definition) is 0. The van der Waals surface area contributed by atoms with Gasteiger partial charge in [0.25, 0.3) is 0 Å². The molecule has 0 atom stereocenters. The van der Waals surface area contributed by atoms with Crippen LogP contribution in [0.4, 0.5) is 0 Å². The Kier molecular flexibility index (Phi) is 7.25. The maximum absolute atomic E-state index is 4.06. The molecule has 0 unspecified atom stereocenters. The maximum Gasteiger partial charge on any atom is -0.00942 e. The highest BCUT2D eigenvalue weighted by atomic mass is 14.1. The molecule has 0 saturated heterocycles. The van der Waals surface area contributed by atoms with Gasteiger partial charge in [-0.1, -0.05) is 66.8 Å². The molecule has 0 heterocycles. The van der Waals surface area contributed by atoms with E-state index in [4.69, 9.17) is 0 Å². The van der Waals surface area contributed by atoms with Crippen LogP contribution in [-0.2, 0) is 6.42 Å². The topological polar surface area (TPSA) is 0 Å². The standard InChI is InChI=1S/C21H26/c1-6-9-17(4)12-14-19(10-7-2)21-15-13-18(5)20(16-21)11-8-3/h6-10,13-16H,3-4,11-12H2,1-2,5H3. The first-order chi connectivity index (χ1) is 10.1. The molecule has 0 nitrogen and oxygen atoms in total. The van der Waals surface area contributed by atoms with Crippen LogP contribution in [0.15, 0.2) is 73.4 Å². The fourth-order valence-electron chi connectivity index (χ4n) is 2.23. The lowest BCUT2D eigenvalue weighted by Gasteiger charge is -2.09. The molecular weight excluding hydrogens is 252 g/mol. The van der Waals surface area contributed by atoms with E-state index in [1.54, 1.807) is 0 Å². The van der Waals surface area contributed by atoms with Crippen molar-refractivity contribution in [1.29, 1.82) is 0 Å². The van der Waals surface area contributed by atoms with E-state index in [1.807, 2.05) is 26.0 Å². The Balaban J connectivity index is 3.10. The smallest absolute Gasteiger partial charge is 0.00942 e. The average Bonchev–Trinajstić information content (AvgIpc) is 2.46. The van der Waals surface area contributed by atoms with Gasteiger partial charge >= 0.3 is 0 Å². The molecule has 0 aliphatic rings. The van der Waals surface area contributed by atoms with E-state index in [0.29, 0.717) is 0 Å². The third kappa shape index (κ3) is 5.43. The minimum Gasteiger partial charge on any atom is -0.103 e. The summed E-state index contributed by atoms with van der Waals surface area (Å²) in [6.45, 7) is 14.1. The Morgan fingerprint density at radius 3 is 2.48 bits per heavy atom. The second-order valence-corrected chi connectivity index (χ2v) is 5.16. The highest BCUT2D eigenvalue weighted by molar-refractivity contribution is 5.74. The van der Waals surface area contributed by atoms with Gasteiger partial charge in [0.2, 0.25) is 0 Å². The van der Waals surface area contributed by atoms with Crippen LogP contribution in [0.1, 0.15) is 37.0 Å². The molecule has 0 saturated carbocycles. The predicted molar refractivity (Wildman–Crippen MR) is 96.4 cm³/mol. The Morgan fingerprint density at radius 2 is 1.86 bits per heavy atom. The molecule has 1 aromatic carbocycles. The third-order valence-electron chi connectivity index (χ3n) is 3.38. The molecule has 0 heteroatoms. The van der Waals surface area contributed by atoms with Gasteiger partial charge in [-0.05, 0) is 55.9 Å². The summed E-state index contributed by atoms with van der Waals surface area (Å²) in [5.74, 6) is 0. The van der Waals surface area contributed by atoms with Crippen molar-refractivity contribution in [3.8, 4) is 0 Å².